The highest BCUT2D eigenvalue weighted by molar-refractivity contribution is 7.99. The maximum Gasteiger partial charge on any atom is 0.313 e. The number of hydrogen-bond acceptors (Lipinski definition) is 6. The van der Waals surface area contributed by atoms with E-state index in [1.54, 1.807) is 14.2 Å². The molecule has 1 aromatic rings. The molecule has 18 heavy (non-hydrogen) atoms. The third kappa shape index (κ3) is 4.28. The molecule has 102 valence electrons. The minimum Gasteiger partial charge on any atom is -0.481 e. The molecule has 1 atom stereocenters. The number of thioether (sulfide) groups is 1. The van der Waals surface area contributed by atoms with E-state index >= 15 is 0 Å². The Hall–Kier alpha value is -1.12. The number of rotatable bonds is 8. The second-order valence-electron chi connectivity index (χ2n) is 3.64. The molecule has 1 rings (SSSR count). The zero-order chi connectivity index (χ0) is 13.5. The SMILES string of the molecule is COCC(Cn1c(C)nnc1SCC(=O)O)OC. The Bertz CT molecular complexity index is 396. The lowest BCUT2D eigenvalue weighted by Crippen LogP contribution is -2.24. The summed E-state index contributed by atoms with van der Waals surface area (Å²) in [6.45, 7) is 2.81. The number of aliphatic carboxylic acids is 1. The fourth-order valence-corrected chi connectivity index (χ4v) is 2.10. The summed E-state index contributed by atoms with van der Waals surface area (Å²) >= 11 is 1.14. The molecule has 8 heteroatoms. The third-order valence-corrected chi connectivity index (χ3v) is 3.25. The molecule has 0 bridgehead atoms. The molecule has 0 aromatic carbocycles. The molecule has 1 N–H and O–H groups in total. The van der Waals surface area contributed by atoms with Gasteiger partial charge < -0.3 is 19.1 Å². The van der Waals surface area contributed by atoms with Gasteiger partial charge in [-0.2, -0.15) is 0 Å². The summed E-state index contributed by atoms with van der Waals surface area (Å²) in [6, 6.07) is 0. The highest BCUT2D eigenvalue weighted by Gasteiger charge is 2.15. The third-order valence-electron chi connectivity index (χ3n) is 2.30. The van der Waals surface area contributed by atoms with Crippen molar-refractivity contribution in [2.24, 2.45) is 0 Å². The molecule has 0 amide bonds. The van der Waals surface area contributed by atoms with Crippen molar-refractivity contribution in [3.8, 4) is 0 Å². The Morgan fingerprint density at radius 1 is 1.50 bits per heavy atom. The van der Waals surface area contributed by atoms with Crippen molar-refractivity contribution in [2.75, 3.05) is 26.6 Å². The van der Waals surface area contributed by atoms with Crippen LogP contribution in [0.1, 0.15) is 5.82 Å². The normalized spacial score (nSPS) is 12.6. The van der Waals surface area contributed by atoms with Crippen molar-refractivity contribution in [3.05, 3.63) is 5.82 Å². The van der Waals surface area contributed by atoms with E-state index < -0.39 is 5.97 Å². The van der Waals surface area contributed by atoms with E-state index in [0.29, 0.717) is 18.3 Å². The number of carbonyl (C=O) groups is 1. The molecule has 0 saturated heterocycles. The number of ether oxygens (including phenoxy) is 2. The molecule has 0 fully saturated rings. The second kappa shape index (κ2) is 7.34. The minimum absolute atomic E-state index is 0.0416. The van der Waals surface area contributed by atoms with Gasteiger partial charge in [0.15, 0.2) is 5.16 Å². The molecule has 0 aliphatic carbocycles. The number of methoxy groups -OCH3 is 2. The van der Waals surface area contributed by atoms with Crippen LogP contribution in [0.4, 0.5) is 0 Å². The summed E-state index contributed by atoms with van der Waals surface area (Å²) in [6.07, 6.45) is -0.117. The van der Waals surface area contributed by atoms with Gasteiger partial charge in [0.2, 0.25) is 0 Å². The van der Waals surface area contributed by atoms with Crippen LogP contribution in [0.15, 0.2) is 5.16 Å². The van der Waals surface area contributed by atoms with Crippen molar-refractivity contribution in [3.63, 3.8) is 0 Å². The predicted octanol–water partition coefficient (Wildman–Crippen LogP) is 0.425. The summed E-state index contributed by atoms with van der Waals surface area (Å²) < 4.78 is 12.1. The van der Waals surface area contributed by atoms with Crippen LogP contribution in [-0.4, -0.2) is 58.5 Å². The van der Waals surface area contributed by atoms with E-state index in [1.807, 2.05) is 11.5 Å². The number of nitrogens with zero attached hydrogens (tertiary/aromatic N) is 3. The van der Waals surface area contributed by atoms with Gasteiger partial charge in [-0.1, -0.05) is 11.8 Å². The van der Waals surface area contributed by atoms with Gasteiger partial charge in [0, 0.05) is 14.2 Å². The summed E-state index contributed by atoms with van der Waals surface area (Å²) in [5.41, 5.74) is 0. The number of hydrogen-bond donors (Lipinski definition) is 1. The molecule has 1 aromatic heterocycles. The van der Waals surface area contributed by atoms with E-state index in [2.05, 4.69) is 10.2 Å². The van der Waals surface area contributed by atoms with Crippen LogP contribution >= 0.6 is 11.8 Å². The summed E-state index contributed by atoms with van der Waals surface area (Å²) in [5, 5.41) is 17.1. The topological polar surface area (TPSA) is 86.5 Å². The standard InChI is InChI=1S/C10H17N3O4S/c1-7-11-12-10(18-6-9(14)15)13(7)4-8(17-3)5-16-2/h8H,4-6H2,1-3H3,(H,14,15). The minimum atomic E-state index is -0.882. The average Bonchev–Trinajstić information content (AvgIpc) is 2.67. The van der Waals surface area contributed by atoms with Crippen LogP contribution in [0.25, 0.3) is 0 Å². The van der Waals surface area contributed by atoms with Crippen molar-refractivity contribution in [1.29, 1.82) is 0 Å². The first-order valence-corrected chi connectivity index (χ1v) is 6.33. The maximum atomic E-state index is 10.5. The Morgan fingerprint density at radius 2 is 2.22 bits per heavy atom. The lowest BCUT2D eigenvalue weighted by Gasteiger charge is -2.16. The van der Waals surface area contributed by atoms with Crippen LogP contribution in [-0.2, 0) is 20.8 Å². The quantitative estimate of drug-likeness (QED) is 0.688. The molecule has 0 aliphatic rings. The number of carboxylic acids is 1. The lowest BCUT2D eigenvalue weighted by atomic mass is 10.3. The first kappa shape index (κ1) is 14.9. The molecule has 1 unspecified atom stereocenters. The van der Waals surface area contributed by atoms with E-state index in [9.17, 15) is 4.79 Å². The molecule has 0 radical (unpaired) electrons. The number of carboxylic acid groups (broad SMARTS) is 1. The van der Waals surface area contributed by atoms with Crippen LogP contribution in [0.3, 0.4) is 0 Å². The van der Waals surface area contributed by atoms with Crippen LogP contribution in [0, 0.1) is 6.92 Å². The number of aromatic nitrogens is 3. The van der Waals surface area contributed by atoms with E-state index in [0.717, 1.165) is 17.6 Å². The lowest BCUT2D eigenvalue weighted by molar-refractivity contribution is -0.133. The van der Waals surface area contributed by atoms with Crippen molar-refractivity contribution >= 4 is 17.7 Å². The van der Waals surface area contributed by atoms with Gasteiger partial charge in [0.05, 0.1) is 25.0 Å². The van der Waals surface area contributed by atoms with Gasteiger partial charge in [0.25, 0.3) is 0 Å². The Kier molecular flexibility index (Phi) is 6.10. The maximum absolute atomic E-state index is 10.5. The summed E-state index contributed by atoms with van der Waals surface area (Å²) in [5.74, 6) is -0.200. The van der Waals surface area contributed by atoms with Gasteiger partial charge in [-0.15, -0.1) is 10.2 Å². The zero-order valence-corrected chi connectivity index (χ0v) is 11.4. The smallest absolute Gasteiger partial charge is 0.313 e. The molecule has 0 aliphatic heterocycles. The fraction of sp³-hybridized carbons (Fsp3) is 0.700. The van der Waals surface area contributed by atoms with E-state index in [1.165, 1.54) is 0 Å². The Labute approximate surface area is 109 Å². The highest BCUT2D eigenvalue weighted by Crippen LogP contribution is 2.17. The fourth-order valence-electron chi connectivity index (χ4n) is 1.39. The zero-order valence-electron chi connectivity index (χ0n) is 10.6. The van der Waals surface area contributed by atoms with Gasteiger partial charge in [-0.05, 0) is 6.92 Å². The Balaban J connectivity index is 2.73. The summed E-state index contributed by atoms with van der Waals surface area (Å²) in [4.78, 5) is 10.5. The summed E-state index contributed by atoms with van der Waals surface area (Å²) in [7, 11) is 3.21. The highest BCUT2D eigenvalue weighted by atomic mass is 32.2. The number of aryl methyl sites for hydroxylation is 1. The van der Waals surface area contributed by atoms with Crippen molar-refractivity contribution < 1.29 is 19.4 Å². The molecule has 0 saturated carbocycles. The van der Waals surface area contributed by atoms with Crippen LogP contribution in [0.5, 0.6) is 0 Å². The first-order valence-electron chi connectivity index (χ1n) is 5.34. The van der Waals surface area contributed by atoms with E-state index in [-0.39, 0.29) is 11.9 Å². The van der Waals surface area contributed by atoms with E-state index in [4.69, 9.17) is 14.6 Å². The second-order valence-corrected chi connectivity index (χ2v) is 4.58. The molecular weight excluding hydrogens is 258 g/mol. The average molecular weight is 275 g/mol. The largest absolute Gasteiger partial charge is 0.481 e. The molecule has 0 spiro atoms. The van der Waals surface area contributed by atoms with Gasteiger partial charge in [-0.3, -0.25) is 4.79 Å². The molecule has 1 heterocycles. The van der Waals surface area contributed by atoms with Crippen LogP contribution in [0.2, 0.25) is 0 Å². The molecule has 7 nitrogen and oxygen atoms in total. The van der Waals surface area contributed by atoms with Crippen molar-refractivity contribution in [1.82, 2.24) is 14.8 Å². The predicted molar refractivity (Wildman–Crippen MR) is 65.8 cm³/mol. The van der Waals surface area contributed by atoms with Gasteiger partial charge >= 0.3 is 5.97 Å². The Morgan fingerprint density at radius 3 is 2.78 bits per heavy atom. The molecular formula is C10H17N3O4S. The van der Waals surface area contributed by atoms with Crippen LogP contribution < -0.4 is 0 Å². The van der Waals surface area contributed by atoms with Crippen molar-refractivity contribution in [2.45, 2.75) is 24.7 Å². The monoisotopic (exact) mass is 275 g/mol. The first-order chi connectivity index (χ1) is 8.58. The van der Waals surface area contributed by atoms with Gasteiger partial charge in [-0.25, -0.2) is 0 Å². The van der Waals surface area contributed by atoms with Gasteiger partial charge in [0.1, 0.15) is 5.82 Å².